The van der Waals surface area contributed by atoms with E-state index < -0.39 is 0 Å². The van der Waals surface area contributed by atoms with Gasteiger partial charge in [0, 0.05) is 13.6 Å². The molecule has 128 valence electrons. The van der Waals surface area contributed by atoms with Crippen LogP contribution in [0.3, 0.4) is 0 Å². The van der Waals surface area contributed by atoms with Gasteiger partial charge in [-0.15, -0.1) is 0 Å². The van der Waals surface area contributed by atoms with Crippen LogP contribution < -0.4 is 27.0 Å². The summed E-state index contributed by atoms with van der Waals surface area (Å²) in [6, 6.07) is 9.42. The van der Waals surface area contributed by atoms with E-state index >= 15 is 0 Å². The molecule has 0 aliphatic carbocycles. The van der Waals surface area contributed by atoms with Crippen LogP contribution in [0.4, 0.5) is 5.69 Å². The van der Waals surface area contributed by atoms with Crippen molar-refractivity contribution < 1.29 is 0 Å². The van der Waals surface area contributed by atoms with Crippen molar-refractivity contribution in [2.24, 2.45) is 7.05 Å². The summed E-state index contributed by atoms with van der Waals surface area (Å²) in [5.74, 6) is 0. The lowest BCUT2D eigenvalue weighted by molar-refractivity contribution is 0.630. The van der Waals surface area contributed by atoms with Crippen molar-refractivity contribution in [3.8, 4) is 5.69 Å². The molecule has 0 amide bonds. The topological polar surface area (TPSA) is 75.0 Å². The predicted octanol–water partition coefficient (Wildman–Crippen LogP) is 1.17. The molecule has 0 saturated carbocycles. The second kappa shape index (κ2) is 7.93. The number of aromatic nitrogens is 2. The fourth-order valence-corrected chi connectivity index (χ4v) is 2.52. The van der Waals surface area contributed by atoms with E-state index in [1.807, 2.05) is 51.2 Å². The first-order valence-corrected chi connectivity index (χ1v) is 8.22. The van der Waals surface area contributed by atoms with Crippen LogP contribution in [-0.4, -0.2) is 26.1 Å². The first-order valence-electron chi connectivity index (χ1n) is 7.40. The third-order valence-electron chi connectivity index (χ3n) is 3.42. The van der Waals surface area contributed by atoms with Gasteiger partial charge in [-0.25, -0.2) is 4.68 Å². The lowest BCUT2D eigenvalue weighted by Crippen LogP contribution is -2.48. The lowest BCUT2D eigenvalue weighted by atomic mass is 10.3. The fourth-order valence-electron chi connectivity index (χ4n) is 2.18. The van der Waals surface area contributed by atoms with Gasteiger partial charge in [0.2, 0.25) is 0 Å². The van der Waals surface area contributed by atoms with E-state index in [1.165, 1.54) is 0 Å². The van der Waals surface area contributed by atoms with Crippen LogP contribution in [-0.2, 0) is 7.05 Å². The summed E-state index contributed by atoms with van der Waals surface area (Å²) in [5.41, 5.74) is 7.28. The van der Waals surface area contributed by atoms with Gasteiger partial charge in [-0.3, -0.25) is 20.3 Å². The van der Waals surface area contributed by atoms with Crippen LogP contribution in [0.1, 0.15) is 12.6 Å². The van der Waals surface area contributed by atoms with E-state index in [1.54, 1.807) is 9.36 Å². The van der Waals surface area contributed by atoms with Crippen LogP contribution in [0, 0.1) is 6.92 Å². The van der Waals surface area contributed by atoms with Gasteiger partial charge < -0.3 is 10.6 Å². The molecule has 0 aliphatic rings. The molecule has 0 radical (unpaired) electrons. The minimum atomic E-state index is -0.181. The van der Waals surface area contributed by atoms with Crippen molar-refractivity contribution in [3.05, 3.63) is 46.4 Å². The summed E-state index contributed by atoms with van der Waals surface area (Å²) in [6.45, 7) is 4.49. The average molecular weight is 365 g/mol. The Hall–Kier alpha value is -2.39. The van der Waals surface area contributed by atoms with Crippen molar-refractivity contribution in [1.29, 1.82) is 0 Å². The Bertz CT molecular complexity index is 796. The second-order valence-electron chi connectivity index (χ2n) is 5.00. The molecule has 2 rings (SSSR count). The normalized spacial score (nSPS) is 10.1. The summed E-state index contributed by atoms with van der Waals surface area (Å²) in [5, 5.41) is 6.52. The molecule has 0 saturated heterocycles. The molecule has 0 atom stereocenters. The molecule has 0 aliphatic heterocycles. The quantitative estimate of drug-likeness (QED) is 0.481. The fraction of sp³-hybridized carbons (Fsp3) is 0.267. The van der Waals surface area contributed by atoms with Crippen LogP contribution in [0.15, 0.2) is 35.1 Å². The zero-order valence-corrected chi connectivity index (χ0v) is 15.3. The van der Waals surface area contributed by atoms with Gasteiger partial charge >= 0.3 is 0 Å². The van der Waals surface area contributed by atoms with Gasteiger partial charge in [0.15, 0.2) is 10.2 Å². The summed E-state index contributed by atoms with van der Waals surface area (Å²) < 4.78 is 3.36. The minimum Gasteiger partial charge on any atom is -0.362 e. The van der Waals surface area contributed by atoms with E-state index in [0.717, 1.165) is 11.4 Å². The maximum absolute atomic E-state index is 12.7. The average Bonchev–Trinajstić information content (AvgIpc) is 2.78. The molecular formula is C15H20N6OS2. The van der Waals surface area contributed by atoms with Crippen molar-refractivity contribution in [2.45, 2.75) is 13.8 Å². The smallest absolute Gasteiger partial charge is 0.295 e. The Kier molecular flexibility index (Phi) is 5.93. The van der Waals surface area contributed by atoms with E-state index in [-0.39, 0.29) is 10.7 Å². The molecule has 1 aromatic carbocycles. The molecule has 1 heterocycles. The van der Waals surface area contributed by atoms with Crippen molar-refractivity contribution in [1.82, 2.24) is 25.5 Å². The summed E-state index contributed by atoms with van der Waals surface area (Å²) >= 11 is 10.2. The second-order valence-corrected chi connectivity index (χ2v) is 5.82. The summed E-state index contributed by atoms with van der Waals surface area (Å²) in [7, 11) is 1.82. The number of benzene rings is 1. The largest absolute Gasteiger partial charge is 0.362 e. The zero-order chi connectivity index (χ0) is 17.7. The molecule has 24 heavy (non-hydrogen) atoms. The number of hydrogen-bond donors (Lipinski definition) is 4. The molecule has 4 N–H and O–H groups in total. The Balaban J connectivity index is 2.19. The molecule has 2 aromatic rings. The number of thiocarbonyl (C=S) groups is 2. The third-order valence-corrected chi connectivity index (χ3v) is 3.87. The Morgan fingerprint density at radius 2 is 1.75 bits per heavy atom. The minimum absolute atomic E-state index is 0.181. The highest BCUT2D eigenvalue weighted by Gasteiger charge is 2.16. The van der Waals surface area contributed by atoms with Gasteiger partial charge in [0.25, 0.3) is 5.56 Å². The third kappa shape index (κ3) is 3.92. The molecule has 7 nitrogen and oxygen atoms in total. The number of para-hydroxylation sites is 1. The number of rotatable bonds is 3. The highest BCUT2D eigenvalue weighted by Crippen LogP contribution is 2.13. The molecule has 0 spiro atoms. The zero-order valence-electron chi connectivity index (χ0n) is 13.7. The van der Waals surface area contributed by atoms with Crippen LogP contribution in [0.5, 0.6) is 0 Å². The lowest BCUT2D eigenvalue weighted by Gasteiger charge is -2.12. The van der Waals surface area contributed by atoms with Crippen LogP contribution in [0.25, 0.3) is 5.69 Å². The molecular weight excluding hydrogens is 344 g/mol. The summed E-state index contributed by atoms with van der Waals surface area (Å²) in [4.78, 5) is 12.7. The van der Waals surface area contributed by atoms with Crippen LogP contribution in [0.2, 0.25) is 0 Å². The maximum atomic E-state index is 12.7. The van der Waals surface area contributed by atoms with Crippen molar-refractivity contribution in [3.63, 3.8) is 0 Å². The highest BCUT2D eigenvalue weighted by atomic mass is 32.1. The SMILES string of the molecule is CCNC(=S)NNC(=S)Nc1c(C)n(C)n(-c2ccccc2)c1=O. The number of hydrazine groups is 1. The summed E-state index contributed by atoms with van der Waals surface area (Å²) in [6.07, 6.45) is 0. The molecule has 0 fully saturated rings. The van der Waals surface area contributed by atoms with E-state index in [9.17, 15) is 4.79 Å². The van der Waals surface area contributed by atoms with Gasteiger partial charge in [-0.2, -0.15) is 0 Å². The molecule has 1 aromatic heterocycles. The van der Waals surface area contributed by atoms with E-state index in [0.29, 0.717) is 17.3 Å². The predicted molar refractivity (Wildman–Crippen MR) is 105 cm³/mol. The number of hydrogen-bond acceptors (Lipinski definition) is 3. The molecule has 0 bridgehead atoms. The van der Waals surface area contributed by atoms with Gasteiger partial charge in [0.05, 0.1) is 11.4 Å². The first-order chi connectivity index (χ1) is 11.5. The number of nitrogens with zero attached hydrogens (tertiary/aromatic N) is 2. The number of nitrogens with one attached hydrogen (secondary N) is 4. The van der Waals surface area contributed by atoms with Crippen LogP contribution >= 0.6 is 24.4 Å². The van der Waals surface area contributed by atoms with Gasteiger partial charge in [-0.1, -0.05) is 18.2 Å². The van der Waals surface area contributed by atoms with Crippen molar-refractivity contribution >= 4 is 40.3 Å². The maximum Gasteiger partial charge on any atom is 0.295 e. The Morgan fingerprint density at radius 1 is 1.12 bits per heavy atom. The number of anilines is 1. The molecule has 9 heteroatoms. The Morgan fingerprint density at radius 3 is 2.38 bits per heavy atom. The highest BCUT2D eigenvalue weighted by molar-refractivity contribution is 7.80. The van der Waals surface area contributed by atoms with E-state index in [2.05, 4.69) is 21.5 Å². The van der Waals surface area contributed by atoms with Crippen molar-refractivity contribution in [2.75, 3.05) is 11.9 Å². The Labute approximate surface area is 151 Å². The van der Waals surface area contributed by atoms with E-state index in [4.69, 9.17) is 24.4 Å². The molecule has 0 unspecified atom stereocenters. The first kappa shape index (κ1) is 18.0. The van der Waals surface area contributed by atoms with Gasteiger partial charge in [0.1, 0.15) is 5.69 Å². The monoisotopic (exact) mass is 364 g/mol. The van der Waals surface area contributed by atoms with Gasteiger partial charge in [-0.05, 0) is 50.4 Å². The standard InChI is InChI=1S/C15H20N6OS2/c1-4-16-14(23)18-19-15(24)17-12-10(2)20(3)21(13(12)22)11-8-6-5-7-9-11/h5-9H,4H2,1-3H3,(H2,16,18,23)(H2,17,19,24).